The van der Waals surface area contributed by atoms with Gasteiger partial charge in [0.25, 0.3) is 5.91 Å². The number of rotatable bonds is 3. The van der Waals surface area contributed by atoms with Crippen molar-refractivity contribution in [3.8, 4) is 6.07 Å². The van der Waals surface area contributed by atoms with Gasteiger partial charge in [-0.3, -0.25) is 4.79 Å². The summed E-state index contributed by atoms with van der Waals surface area (Å²) in [5.41, 5.74) is 2.40. The van der Waals surface area contributed by atoms with E-state index in [1.807, 2.05) is 36.1 Å². The van der Waals surface area contributed by atoms with Crippen LogP contribution < -0.4 is 4.90 Å². The van der Waals surface area contributed by atoms with Gasteiger partial charge in [0, 0.05) is 26.2 Å². The fraction of sp³-hybridized carbons (Fsp3) is 0.412. The number of aryl methyl sites for hydroxylation is 1. The van der Waals surface area contributed by atoms with Crippen molar-refractivity contribution in [1.82, 2.24) is 14.5 Å². The first-order chi connectivity index (χ1) is 11.7. The fourth-order valence-corrected chi connectivity index (χ4v) is 3.67. The van der Waals surface area contributed by atoms with Gasteiger partial charge in [-0.1, -0.05) is 23.5 Å². The van der Waals surface area contributed by atoms with Gasteiger partial charge < -0.3 is 9.80 Å². The van der Waals surface area contributed by atoms with Crippen LogP contribution in [-0.2, 0) is 6.42 Å². The van der Waals surface area contributed by atoms with Gasteiger partial charge in [-0.2, -0.15) is 5.26 Å². The Morgan fingerprint density at radius 1 is 1.29 bits per heavy atom. The molecular weight excluding hydrogens is 322 g/mol. The summed E-state index contributed by atoms with van der Waals surface area (Å²) in [5, 5.41) is 13.3. The summed E-state index contributed by atoms with van der Waals surface area (Å²) in [6.45, 7) is 4.89. The van der Waals surface area contributed by atoms with Gasteiger partial charge in [0.2, 0.25) is 0 Å². The monoisotopic (exact) mass is 341 g/mol. The second-order valence-corrected chi connectivity index (χ2v) is 6.42. The standard InChI is InChI=1S/C17H19N5OS/c1-2-14-16(24-20-19-14)17(23)22-9-5-8-21(10-11-22)15-7-4-3-6-13(15)12-18/h3-4,6-7H,2,5,8-11H2,1H3. The number of nitriles is 1. The number of carbonyl (C=O) groups excluding carboxylic acids is 1. The van der Waals surface area contributed by atoms with E-state index in [0.29, 0.717) is 30.0 Å². The topological polar surface area (TPSA) is 73.1 Å². The highest BCUT2D eigenvalue weighted by atomic mass is 32.1. The number of benzene rings is 1. The largest absolute Gasteiger partial charge is 0.369 e. The summed E-state index contributed by atoms with van der Waals surface area (Å²) in [6, 6.07) is 9.87. The number of para-hydroxylation sites is 1. The Labute approximate surface area is 145 Å². The van der Waals surface area contributed by atoms with Crippen molar-refractivity contribution in [3.63, 3.8) is 0 Å². The van der Waals surface area contributed by atoms with Gasteiger partial charge >= 0.3 is 0 Å². The number of aromatic nitrogens is 2. The molecule has 6 nitrogen and oxygen atoms in total. The van der Waals surface area contributed by atoms with Crippen molar-refractivity contribution in [2.24, 2.45) is 0 Å². The first kappa shape index (κ1) is 16.4. The third-order valence-electron chi connectivity index (χ3n) is 4.23. The minimum atomic E-state index is 0.0252. The number of anilines is 1. The number of carbonyl (C=O) groups is 1. The summed E-state index contributed by atoms with van der Waals surface area (Å²) in [7, 11) is 0. The Balaban J connectivity index is 1.74. The minimum Gasteiger partial charge on any atom is -0.369 e. The average Bonchev–Trinajstić information content (AvgIpc) is 2.97. The van der Waals surface area contributed by atoms with Gasteiger partial charge in [0.05, 0.1) is 16.9 Å². The Bertz CT molecular complexity index is 766. The van der Waals surface area contributed by atoms with E-state index >= 15 is 0 Å². The van der Waals surface area contributed by atoms with Crippen LogP contribution in [0.5, 0.6) is 0 Å². The molecule has 1 amide bonds. The fourth-order valence-electron chi connectivity index (χ4n) is 2.95. The van der Waals surface area contributed by atoms with Crippen LogP contribution in [0.4, 0.5) is 5.69 Å². The molecule has 1 fully saturated rings. The highest BCUT2D eigenvalue weighted by Crippen LogP contribution is 2.22. The van der Waals surface area contributed by atoms with Crippen molar-refractivity contribution >= 4 is 23.1 Å². The molecular formula is C17H19N5OS. The number of nitrogens with zero attached hydrogens (tertiary/aromatic N) is 5. The zero-order valence-corrected chi connectivity index (χ0v) is 14.4. The normalized spacial score (nSPS) is 15.0. The summed E-state index contributed by atoms with van der Waals surface area (Å²) >= 11 is 1.18. The highest BCUT2D eigenvalue weighted by molar-refractivity contribution is 7.08. The molecule has 3 rings (SSSR count). The Morgan fingerprint density at radius 3 is 2.92 bits per heavy atom. The van der Waals surface area contributed by atoms with Crippen LogP contribution >= 0.6 is 11.5 Å². The predicted molar refractivity (Wildman–Crippen MR) is 93.2 cm³/mol. The van der Waals surface area contributed by atoms with E-state index in [9.17, 15) is 10.1 Å². The van der Waals surface area contributed by atoms with Crippen LogP contribution in [0.15, 0.2) is 24.3 Å². The summed E-state index contributed by atoms with van der Waals surface area (Å²) < 4.78 is 3.92. The van der Waals surface area contributed by atoms with Crippen molar-refractivity contribution < 1.29 is 4.79 Å². The Kier molecular flexibility index (Phi) is 5.06. The van der Waals surface area contributed by atoms with E-state index in [1.165, 1.54) is 11.5 Å². The first-order valence-corrected chi connectivity index (χ1v) is 8.86. The average molecular weight is 341 g/mol. The molecule has 0 aliphatic carbocycles. The lowest BCUT2D eigenvalue weighted by molar-refractivity contribution is 0.0770. The van der Waals surface area contributed by atoms with Crippen LogP contribution in [0.2, 0.25) is 0 Å². The van der Waals surface area contributed by atoms with Crippen molar-refractivity contribution in [3.05, 3.63) is 40.4 Å². The molecule has 0 atom stereocenters. The van der Waals surface area contributed by atoms with E-state index in [2.05, 4.69) is 20.6 Å². The van der Waals surface area contributed by atoms with E-state index in [1.54, 1.807) is 0 Å². The van der Waals surface area contributed by atoms with Crippen LogP contribution in [0.3, 0.4) is 0 Å². The SMILES string of the molecule is CCc1nnsc1C(=O)N1CCCN(c2ccccc2C#N)CC1. The van der Waals surface area contributed by atoms with Crippen molar-refractivity contribution in [2.75, 3.05) is 31.1 Å². The Hall–Kier alpha value is -2.46. The van der Waals surface area contributed by atoms with Crippen LogP contribution in [0, 0.1) is 11.3 Å². The lowest BCUT2D eigenvalue weighted by atomic mass is 10.1. The zero-order valence-electron chi connectivity index (χ0n) is 13.6. The molecule has 124 valence electrons. The van der Waals surface area contributed by atoms with E-state index < -0.39 is 0 Å². The van der Waals surface area contributed by atoms with E-state index in [4.69, 9.17) is 0 Å². The minimum absolute atomic E-state index is 0.0252. The van der Waals surface area contributed by atoms with Gasteiger partial charge in [0.1, 0.15) is 10.9 Å². The molecule has 0 N–H and O–H groups in total. The molecule has 1 aromatic heterocycles. The van der Waals surface area contributed by atoms with Crippen molar-refractivity contribution in [1.29, 1.82) is 5.26 Å². The van der Waals surface area contributed by atoms with Gasteiger partial charge in [-0.15, -0.1) is 5.10 Å². The molecule has 7 heteroatoms. The maximum absolute atomic E-state index is 12.7. The second kappa shape index (κ2) is 7.41. The molecule has 1 aromatic carbocycles. The maximum atomic E-state index is 12.7. The first-order valence-electron chi connectivity index (χ1n) is 8.09. The second-order valence-electron chi connectivity index (χ2n) is 5.66. The molecule has 24 heavy (non-hydrogen) atoms. The molecule has 0 saturated carbocycles. The number of hydrogen-bond acceptors (Lipinski definition) is 6. The maximum Gasteiger partial charge on any atom is 0.267 e. The van der Waals surface area contributed by atoms with Gasteiger partial charge in [0.15, 0.2) is 0 Å². The molecule has 1 saturated heterocycles. The van der Waals surface area contributed by atoms with Crippen molar-refractivity contribution in [2.45, 2.75) is 19.8 Å². The van der Waals surface area contributed by atoms with Crippen LogP contribution in [0.25, 0.3) is 0 Å². The molecule has 0 unspecified atom stereocenters. The molecule has 0 radical (unpaired) electrons. The Morgan fingerprint density at radius 2 is 2.12 bits per heavy atom. The predicted octanol–water partition coefficient (Wildman–Crippen LogP) is 2.32. The zero-order chi connectivity index (χ0) is 16.9. The molecule has 1 aliphatic heterocycles. The third-order valence-corrected chi connectivity index (χ3v) is 4.99. The third kappa shape index (κ3) is 3.24. The lowest BCUT2D eigenvalue weighted by Gasteiger charge is -2.24. The molecule has 2 aromatic rings. The summed E-state index contributed by atoms with van der Waals surface area (Å²) in [4.78, 5) is 17.5. The summed E-state index contributed by atoms with van der Waals surface area (Å²) in [6.07, 6.45) is 1.59. The van der Waals surface area contributed by atoms with E-state index in [-0.39, 0.29) is 5.91 Å². The highest BCUT2D eigenvalue weighted by Gasteiger charge is 2.24. The molecule has 1 aliphatic rings. The molecule has 2 heterocycles. The van der Waals surface area contributed by atoms with Crippen LogP contribution in [0.1, 0.15) is 34.3 Å². The smallest absolute Gasteiger partial charge is 0.267 e. The van der Waals surface area contributed by atoms with Crippen LogP contribution in [-0.4, -0.2) is 46.6 Å². The van der Waals surface area contributed by atoms with Gasteiger partial charge in [-0.05, 0) is 36.5 Å². The molecule has 0 bridgehead atoms. The quantitative estimate of drug-likeness (QED) is 0.857. The number of hydrogen-bond donors (Lipinski definition) is 0. The van der Waals surface area contributed by atoms with E-state index in [0.717, 1.165) is 30.9 Å². The summed E-state index contributed by atoms with van der Waals surface area (Å²) in [5.74, 6) is 0.0252. The number of amides is 1. The lowest BCUT2D eigenvalue weighted by Crippen LogP contribution is -2.35. The molecule has 0 spiro atoms. The van der Waals surface area contributed by atoms with Gasteiger partial charge in [-0.25, -0.2) is 0 Å².